The van der Waals surface area contributed by atoms with Gasteiger partial charge in [0, 0.05) is 4.47 Å². The van der Waals surface area contributed by atoms with Crippen molar-refractivity contribution in [2.45, 2.75) is 25.7 Å². The number of benzene rings is 2. The number of sulfonamides is 1. The second-order valence-corrected chi connectivity index (χ2v) is 8.31. The van der Waals surface area contributed by atoms with E-state index in [0.29, 0.717) is 21.5 Å². The van der Waals surface area contributed by atoms with Crippen molar-refractivity contribution < 1.29 is 8.42 Å². The number of hydrogen-bond acceptors (Lipinski definition) is 3. The van der Waals surface area contributed by atoms with Crippen molar-refractivity contribution in [2.75, 3.05) is 4.72 Å². The highest BCUT2D eigenvalue weighted by molar-refractivity contribution is 9.10. The summed E-state index contributed by atoms with van der Waals surface area (Å²) in [6, 6.07) is 14.9. The average molecular weight is 420 g/mol. The highest BCUT2D eigenvalue weighted by Gasteiger charge is 2.25. The minimum absolute atomic E-state index is 0.198. The molecule has 2 aromatic carbocycles. The topological polar surface area (TPSA) is 64.0 Å². The second kappa shape index (κ2) is 6.65. The molecule has 7 heteroatoms. The third kappa shape index (κ3) is 3.48. The van der Waals surface area contributed by atoms with Gasteiger partial charge < -0.3 is 0 Å². The standard InChI is InChI=1S/C18H18BrN3O2S/c1-12-9-10-17(16(19)11-12)21-25(23,24)18-13(2)20-22(14(18)3)15-7-5-4-6-8-15/h4-11,21H,1-3H3. The van der Waals surface area contributed by atoms with Crippen molar-refractivity contribution in [3.63, 3.8) is 0 Å². The molecule has 0 saturated carbocycles. The van der Waals surface area contributed by atoms with E-state index in [1.54, 1.807) is 24.6 Å². The van der Waals surface area contributed by atoms with Crippen LogP contribution in [0, 0.1) is 20.8 Å². The zero-order valence-electron chi connectivity index (χ0n) is 14.1. The number of aryl methyl sites for hydroxylation is 2. The Bertz CT molecular complexity index is 1030. The Balaban J connectivity index is 2.05. The van der Waals surface area contributed by atoms with Gasteiger partial charge in [0.25, 0.3) is 10.0 Å². The van der Waals surface area contributed by atoms with Crippen LogP contribution < -0.4 is 4.72 Å². The molecule has 3 aromatic rings. The lowest BCUT2D eigenvalue weighted by atomic mass is 10.2. The predicted molar refractivity (Wildman–Crippen MR) is 103 cm³/mol. The lowest BCUT2D eigenvalue weighted by Crippen LogP contribution is -2.15. The molecule has 0 unspecified atom stereocenters. The largest absolute Gasteiger partial charge is 0.278 e. The minimum Gasteiger partial charge on any atom is -0.278 e. The van der Waals surface area contributed by atoms with Gasteiger partial charge in [-0.05, 0) is 66.5 Å². The monoisotopic (exact) mass is 419 g/mol. The molecule has 0 bridgehead atoms. The first kappa shape index (κ1) is 17.7. The minimum atomic E-state index is -3.76. The van der Waals surface area contributed by atoms with Gasteiger partial charge in [0.1, 0.15) is 4.90 Å². The smallest absolute Gasteiger partial charge is 0.265 e. The molecular formula is C18H18BrN3O2S. The van der Waals surface area contributed by atoms with Crippen LogP contribution in [0.3, 0.4) is 0 Å². The normalized spacial score (nSPS) is 11.5. The zero-order chi connectivity index (χ0) is 18.2. The van der Waals surface area contributed by atoms with Crippen molar-refractivity contribution in [3.05, 3.63) is 70.0 Å². The number of hydrogen-bond donors (Lipinski definition) is 1. The second-order valence-electron chi connectivity index (χ2n) is 5.84. The zero-order valence-corrected chi connectivity index (χ0v) is 16.5. The first-order chi connectivity index (χ1) is 11.8. The van der Waals surface area contributed by atoms with E-state index < -0.39 is 10.0 Å². The van der Waals surface area contributed by atoms with Crippen molar-refractivity contribution in [2.24, 2.45) is 0 Å². The fourth-order valence-corrected chi connectivity index (χ4v) is 4.93. The summed E-state index contributed by atoms with van der Waals surface area (Å²) in [5, 5.41) is 4.41. The van der Waals surface area contributed by atoms with Gasteiger partial charge >= 0.3 is 0 Å². The summed E-state index contributed by atoms with van der Waals surface area (Å²) in [6.07, 6.45) is 0. The van der Waals surface area contributed by atoms with E-state index in [2.05, 4.69) is 25.8 Å². The third-order valence-corrected chi connectivity index (χ3v) is 6.14. The molecule has 1 N–H and O–H groups in total. The molecular weight excluding hydrogens is 402 g/mol. The fraction of sp³-hybridized carbons (Fsp3) is 0.167. The molecule has 25 heavy (non-hydrogen) atoms. The van der Waals surface area contributed by atoms with Crippen LogP contribution in [0.25, 0.3) is 5.69 Å². The predicted octanol–water partition coefficient (Wildman–Crippen LogP) is 4.36. The lowest BCUT2D eigenvalue weighted by molar-refractivity contribution is 0.600. The van der Waals surface area contributed by atoms with Gasteiger partial charge in [-0.15, -0.1) is 0 Å². The number of rotatable bonds is 4. The maximum absolute atomic E-state index is 12.9. The molecule has 1 heterocycles. The summed E-state index contributed by atoms with van der Waals surface area (Å²) in [5.74, 6) is 0. The molecule has 0 saturated heterocycles. The SMILES string of the molecule is Cc1ccc(NS(=O)(=O)c2c(C)nn(-c3ccccc3)c2C)c(Br)c1. The summed E-state index contributed by atoms with van der Waals surface area (Å²) in [6.45, 7) is 5.40. The van der Waals surface area contributed by atoms with Crippen LogP contribution in [0.5, 0.6) is 0 Å². The van der Waals surface area contributed by atoms with Gasteiger partial charge in [-0.2, -0.15) is 5.10 Å². The van der Waals surface area contributed by atoms with Gasteiger partial charge in [-0.25, -0.2) is 13.1 Å². The highest BCUT2D eigenvalue weighted by Crippen LogP contribution is 2.29. The van der Waals surface area contributed by atoms with Gasteiger partial charge in [-0.3, -0.25) is 4.72 Å². The van der Waals surface area contributed by atoms with Crippen LogP contribution in [0.15, 0.2) is 57.9 Å². The van der Waals surface area contributed by atoms with Gasteiger partial charge in [0.2, 0.25) is 0 Å². The summed E-state index contributed by atoms with van der Waals surface area (Å²) < 4.78 is 30.9. The van der Waals surface area contributed by atoms with E-state index in [4.69, 9.17) is 0 Å². The van der Waals surface area contributed by atoms with Crippen LogP contribution in [0.2, 0.25) is 0 Å². The van der Waals surface area contributed by atoms with E-state index in [9.17, 15) is 8.42 Å². The van der Waals surface area contributed by atoms with E-state index in [-0.39, 0.29) is 4.90 Å². The lowest BCUT2D eigenvalue weighted by Gasteiger charge is -2.11. The molecule has 130 valence electrons. The molecule has 0 aliphatic heterocycles. The first-order valence-corrected chi connectivity index (χ1v) is 9.98. The van der Waals surface area contributed by atoms with Gasteiger partial charge in [-0.1, -0.05) is 24.3 Å². The number of para-hydroxylation sites is 1. The highest BCUT2D eigenvalue weighted by atomic mass is 79.9. The molecule has 0 spiro atoms. The number of aromatic nitrogens is 2. The number of halogens is 1. The Kier molecular flexibility index (Phi) is 4.71. The maximum atomic E-state index is 12.9. The number of nitrogens with zero attached hydrogens (tertiary/aromatic N) is 2. The molecule has 1 aromatic heterocycles. The Morgan fingerprint density at radius 2 is 1.72 bits per heavy atom. The Hall–Kier alpha value is -2.12. The molecule has 0 aliphatic rings. The summed E-state index contributed by atoms with van der Waals surface area (Å²) in [7, 11) is -3.76. The summed E-state index contributed by atoms with van der Waals surface area (Å²) in [5.41, 5.74) is 3.38. The molecule has 5 nitrogen and oxygen atoms in total. The molecule has 0 fully saturated rings. The summed E-state index contributed by atoms with van der Waals surface area (Å²) in [4.78, 5) is 0.198. The Morgan fingerprint density at radius 3 is 2.36 bits per heavy atom. The molecule has 0 radical (unpaired) electrons. The van der Waals surface area contributed by atoms with E-state index >= 15 is 0 Å². The molecule has 0 aliphatic carbocycles. The summed E-state index contributed by atoms with van der Waals surface area (Å²) >= 11 is 3.40. The number of anilines is 1. The molecule has 0 atom stereocenters. The van der Waals surface area contributed by atoms with E-state index in [1.165, 1.54) is 0 Å². The maximum Gasteiger partial charge on any atom is 0.265 e. The van der Waals surface area contributed by atoms with Gasteiger partial charge in [0.05, 0.1) is 22.8 Å². The average Bonchev–Trinajstić information content (AvgIpc) is 2.86. The van der Waals surface area contributed by atoms with Crippen molar-refractivity contribution in [3.8, 4) is 5.69 Å². The van der Waals surface area contributed by atoms with Crippen LogP contribution in [-0.2, 0) is 10.0 Å². The van der Waals surface area contributed by atoms with Gasteiger partial charge in [0.15, 0.2) is 0 Å². The fourth-order valence-electron chi connectivity index (χ4n) is 2.74. The van der Waals surface area contributed by atoms with Crippen molar-refractivity contribution in [1.29, 1.82) is 0 Å². The third-order valence-electron chi connectivity index (χ3n) is 3.86. The molecule has 0 amide bonds. The van der Waals surface area contributed by atoms with Crippen molar-refractivity contribution >= 4 is 31.6 Å². The molecule has 3 rings (SSSR count). The van der Waals surface area contributed by atoms with E-state index in [0.717, 1.165) is 11.3 Å². The van der Waals surface area contributed by atoms with Crippen molar-refractivity contribution in [1.82, 2.24) is 9.78 Å². The van der Waals surface area contributed by atoms with E-state index in [1.807, 2.05) is 49.4 Å². The van der Waals surface area contributed by atoms with Crippen LogP contribution >= 0.6 is 15.9 Å². The van der Waals surface area contributed by atoms with Crippen LogP contribution in [0.4, 0.5) is 5.69 Å². The number of nitrogens with one attached hydrogen (secondary N) is 1. The Morgan fingerprint density at radius 1 is 1.04 bits per heavy atom. The Labute approximate surface area is 155 Å². The van der Waals surface area contributed by atoms with Crippen LogP contribution in [0.1, 0.15) is 17.0 Å². The van der Waals surface area contributed by atoms with Crippen LogP contribution in [-0.4, -0.2) is 18.2 Å². The first-order valence-electron chi connectivity index (χ1n) is 7.70. The quantitative estimate of drug-likeness (QED) is 0.682.